The maximum absolute atomic E-state index is 12.5. The fraction of sp³-hybridized carbons (Fsp3) is 0.0556. The zero-order valence-electron chi connectivity index (χ0n) is 14.8. The van der Waals surface area contributed by atoms with Crippen LogP contribution < -0.4 is 10.2 Å². The van der Waals surface area contributed by atoms with E-state index in [4.69, 9.17) is 4.74 Å². The molecule has 29 heavy (non-hydrogen) atoms. The summed E-state index contributed by atoms with van der Waals surface area (Å²) in [6.07, 6.45) is 1.31. The van der Waals surface area contributed by atoms with Gasteiger partial charge in [-0.15, -0.1) is 0 Å². The summed E-state index contributed by atoms with van der Waals surface area (Å²) in [6.45, 7) is 0. The average Bonchev–Trinajstić information content (AvgIpc) is 2.97. The number of nitrogens with one attached hydrogen (secondary N) is 1. The van der Waals surface area contributed by atoms with Gasteiger partial charge in [-0.05, 0) is 36.0 Å². The molecule has 0 radical (unpaired) electrons. The Morgan fingerprint density at radius 3 is 2.55 bits per heavy atom. The molecule has 0 spiro atoms. The van der Waals surface area contributed by atoms with Crippen LogP contribution in [0.4, 0.5) is 10.5 Å². The number of hydrazine groups is 1. The minimum absolute atomic E-state index is 0.0115. The number of hydrogen-bond acceptors (Lipinski definition) is 8. The van der Waals surface area contributed by atoms with E-state index in [1.807, 2.05) is 0 Å². The van der Waals surface area contributed by atoms with E-state index in [0.29, 0.717) is 16.8 Å². The molecule has 0 saturated carbocycles. The van der Waals surface area contributed by atoms with E-state index in [1.165, 1.54) is 37.5 Å². The fourth-order valence-corrected chi connectivity index (χ4v) is 3.20. The van der Waals surface area contributed by atoms with Crippen LogP contribution in [0.25, 0.3) is 6.08 Å². The normalized spacial score (nSPS) is 14.9. The van der Waals surface area contributed by atoms with Crippen LogP contribution in [0.15, 0.2) is 47.4 Å². The Morgan fingerprint density at radius 2 is 1.93 bits per heavy atom. The van der Waals surface area contributed by atoms with Crippen molar-refractivity contribution in [3.8, 4) is 11.5 Å². The molecular formula is C18H13N3O7S. The fourth-order valence-electron chi connectivity index (χ4n) is 2.43. The van der Waals surface area contributed by atoms with Crippen molar-refractivity contribution in [2.24, 2.45) is 0 Å². The quantitative estimate of drug-likeness (QED) is 0.432. The molecule has 3 rings (SSSR count). The Kier molecular flexibility index (Phi) is 5.50. The number of carbonyl (C=O) groups excluding carboxylic acids is 3. The van der Waals surface area contributed by atoms with E-state index in [-0.39, 0.29) is 33.2 Å². The second kappa shape index (κ2) is 8.02. The van der Waals surface area contributed by atoms with Crippen LogP contribution in [0.2, 0.25) is 0 Å². The number of imide groups is 1. The van der Waals surface area contributed by atoms with Crippen LogP contribution >= 0.6 is 11.8 Å². The van der Waals surface area contributed by atoms with Crippen molar-refractivity contribution in [2.75, 3.05) is 7.11 Å². The first-order chi connectivity index (χ1) is 13.8. The number of hydrogen-bond donors (Lipinski definition) is 2. The highest BCUT2D eigenvalue weighted by Gasteiger charge is 2.37. The SMILES string of the molecule is COc1cccc(/C=C2\SC(=O)N(NC(=O)c3ccc([N+](=O)[O-])cc3)C2=O)c1O. The first-order valence-electron chi connectivity index (χ1n) is 8.01. The number of ether oxygens (including phenoxy) is 1. The van der Waals surface area contributed by atoms with Crippen molar-refractivity contribution in [3.63, 3.8) is 0 Å². The minimum Gasteiger partial charge on any atom is -0.504 e. The number of para-hydroxylation sites is 1. The summed E-state index contributed by atoms with van der Waals surface area (Å²) in [7, 11) is 1.38. The van der Waals surface area contributed by atoms with Crippen molar-refractivity contribution in [1.82, 2.24) is 10.4 Å². The van der Waals surface area contributed by atoms with Gasteiger partial charge in [0.1, 0.15) is 0 Å². The highest BCUT2D eigenvalue weighted by atomic mass is 32.2. The van der Waals surface area contributed by atoms with Crippen molar-refractivity contribution in [1.29, 1.82) is 0 Å². The third-order valence-electron chi connectivity index (χ3n) is 3.88. The van der Waals surface area contributed by atoms with E-state index < -0.39 is 22.0 Å². The summed E-state index contributed by atoms with van der Waals surface area (Å²) in [5.41, 5.74) is 2.26. The van der Waals surface area contributed by atoms with Gasteiger partial charge >= 0.3 is 5.24 Å². The molecule has 1 saturated heterocycles. The van der Waals surface area contributed by atoms with Crippen LogP contribution in [-0.4, -0.2) is 39.2 Å². The molecule has 3 amide bonds. The number of nitro groups is 1. The number of aromatic hydroxyl groups is 1. The highest BCUT2D eigenvalue weighted by molar-refractivity contribution is 8.18. The molecule has 2 aromatic carbocycles. The Balaban J connectivity index is 1.78. The minimum atomic E-state index is -0.785. The van der Waals surface area contributed by atoms with Crippen LogP contribution in [0.5, 0.6) is 11.5 Å². The number of benzene rings is 2. The van der Waals surface area contributed by atoms with Crippen LogP contribution in [0.1, 0.15) is 15.9 Å². The lowest BCUT2D eigenvalue weighted by molar-refractivity contribution is -0.384. The van der Waals surface area contributed by atoms with Gasteiger partial charge in [0.2, 0.25) is 0 Å². The molecule has 1 aliphatic rings. The van der Waals surface area contributed by atoms with Gasteiger partial charge in [-0.25, -0.2) is 0 Å². The number of nitrogens with zero attached hydrogens (tertiary/aromatic N) is 2. The van der Waals surface area contributed by atoms with E-state index in [0.717, 1.165) is 12.1 Å². The summed E-state index contributed by atoms with van der Waals surface area (Å²) < 4.78 is 5.00. The molecule has 148 valence electrons. The van der Waals surface area contributed by atoms with E-state index in [2.05, 4.69) is 5.43 Å². The molecule has 1 fully saturated rings. The molecule has 10 nitrogen and oxygen atoms in total. The lowest BCUT2D eigenvalue weighted by atomic mass is 10.1. The number of carbonyl (C=O) groups is 3. The lowest BCUT2D eigenvalue weighted by Gasteiger charge is -2.13. The van der Waals surface area contributed by atoms with Crippen molar-refractivity contribution < 1.29 is 29.2 Å². The lowest BCUT2D eigenvalue weighted by Crippen LogP contribution is -2.44. The van der Waals surface area contributed by atoms with Crippen LogP contribution in [0, 0.1) is 10.1 Å². The summed E-state index contributed by atoms with van der Waals surface area (Å²) in [6, 6.07) is 9.34. The van der Waals surface area contributed by atoms with Gasteiger partial charge in [-0.3, -0.25) is 29.9 Å². The first kappa shape index (κ1) is 19.9. The summed E-state index contributed by atoms with van der Waals surface area (Å²) in [5.74, 6) is -1.56. The monoisotopic (exact) mass is 415 g/mol. The largest absolute Gasteiger partial charge is 0.504 e. The van der Waals surface area contributed by atoms with Gasteiger partial charge in [0.25, 0.3) is 17.5 Å². The number of non-ortho nitro benzene ring substituents is 1. The summed E-state index contributed by atoms with van der Waals surface area (Å²) in [5, 5.41) is 20.6. The molecule has 2 N–H and O–H groups in total. The molecule has 0 atom stereocenters. The Bertz CT molecular complexity index is 1050. The zero-order chi connectivity index (χ0) is 21.1. The molecular weight excluding hydrogens is 402 g/mol. The number of rotatable bonds is 5. The standard InChI is InChI=1S/C18H13N3O7S/c1-28-13-4-2-3-11(15(13)22)9-14-17(24)20(18(25)29-14)19-16(23)10-5-7-12(8-6-10)21(26)27/h2-9,22H,1H3,(H,19,23)/b14-9-. The molecule has 0 aromatic heterocycles. The molecule has 11 heteroatoms. The average molecular weight is 415 g/mol. The third-order valence-corrected chi connectivity index (χ3v) is 4.75. The van der Waals surface area contributed by atoms with Crippen molar-refractivity contribution >= 4 is 40.6 Å². The second-order valence-electron chi connectivity index (χ2n) is 5.66. The molecule has 0 unspecified atom stereocenters. The predicted octanol–water partition coefficient (Wildman–Crippen LogP) is 2.69. The zero-order valence-corrected chi connectivity index (χ0v) is 15.6. The maximum Gasteiger partial charge on any atom is 0.312 e. The smallest absolute Gasteiger partial charge is 0.312 e. The Hall–Kier alpha value is -3.86. The maximum atomic E-state index is 12.5. The topological polar surface area (TPSA) is 139 Å². The van der Waals surface area contributed by atoms with E-state index in [9.17, 15) is 29.6 Å². The Morgan fingerprint density at radius 1 is 1.24 bits per heavy atom. The van der Waals surface area contributed by atoms with Crippen LogP contribution in [-0.2, 0) is 4.79 Å². The third kappa shape index (κ3) is 4.04. The van der Waals surface area contributed by atoms with Gasteiger partial charge < -0.3 is 9.84 Å². The number of nitro benzene ring substituents is 1. The van der Waals surface area contributed by atoms with Crippen molar-refractivity contribution in [2.45, 2.75) is 0 Å². The van der Waals surface area contributed by atoms with Crippen molar-refractivity contribution in [3.05, 3.63) is 68.6 Å². The van der Waals surface area contributed by atoms with Gasteiger partial charge in [0, 0.05) is 23.3 Å². The number of amides is 3. The first-order valence-corrected chi connectivity index (χ1v) is 8.83. The summed E-state index contributed by atoms with van der Waals surface area (Å²) >= 11 is 0.585. The molecule has 1 heterocycles. The highest BCUT2D eigenvalue weighted by Crippen LogP contribution is 2.36. The molecule has 0 aliphatic carbocycles. The number of phenolic OH excluding ortho intramolecular Hbond substituents is 1. The Labute approximate surface area is 167 Å². The van der Waals surface area contributed by atoms with E-state index in [1.54, 1.807) is 6.07 Å². The number of thioether (sulfide) groups is 1. The van der Waals surface area contributed by atoms with Gasteiger partial charge in [0.05, 0.1) is 16.9 Å². The predicted molar refractivity (Wildman–Crippen MR) is 103 cm³/mol. The van der Waals surface area contributed by atoms with Gasteiger partial charge in [-0.1, -0.05) is 12.1 Å². The number of phenols is 1. The van der Waals surface area contributed by atoms with E-state index >= 15 is 0 Å². The number of methoxy groups -OCH3 is 1. The van der Waals surface area contributed by atoms with Crippen LogP contribution in [0.3, 0.4) is 0 Å². The van der Waals surface area contributed by atoms with Gasteiger partial charge in [-0.2, -0.15) is 5.01 Å². The second-order valence-corrected chi connectivity index (χ2v) is 6.65. The molecule has 0 bridgehead atoms. The molecule has 1 aliphatic heterocycles. The van der Waals surface area contributed by atoms with Gasteiger partial charge in [0.15, 0.2) is 11.5 Å². The summed E-state index contributed by atoms with van der Waals surface area (Å²) in [4.78, 5) is 46.9. The molecule has 2 aromatic rings.